The minimum atomic E-state index is 0.867. The molecule has 0 aromatic heterocycles. The van der Waals surface area contributed by atoms with Gasteiger partial charge in [0.05, 0.1) is 0 Å². The summed E-state index contributed by atoms with van der Waals surface area (Å²) in [5.74, 6) is 2.68. The highest BCUT2D eigenvalue weighted by Crippen LogP contribution is 2.18. The molecule has 0 aliphatic carbocycles. The molecule has 0 heteroatoms. The number of unbranched alkanes of at least 4 members (excludes halogenated alkanes) is 4. The summed E-state index contributed by atoms with van der Waals surface area (Å²) in [7, 11) is 0. The molecule has 0 aliphatic rings. The van der Waals surface area contributed by atoms with Gasteiger partial charge in [-0.15, -0.1) is 0 Å². The lowest BCUT2D eigenvalue weighted by Gasteiger charge is -2.14. The van der Waals surface area contributed by atoms with E-state index >= 15 is 0 Å². The van der Waals surface area contributed by atoms with E-state index in [2.05, 4.69) is 34.6 Å². The zero-order valence-corrected chi connectivity index (χ0v) is 11.7. The van der Waals surface area contributed by atoms with Crippen molar-refractivity contribution in [2.75, 3.05) is 0 Å². The Hall–Kier alpha value is 0. The lowest BCUT2D eigenvalue weighted by Crippen LogP contribution is -2.03. The molecule has 0 heterocycles. The van der Waals surface area contributed by atoms with E-state index in [1.54, 1.807) is 0 Å². The molecule has 0 bridgehead atoms. The van der Waals surface area contributed by atoms with Crippen LogP contribution in [0.1, 0.15) is 79.6 Å². The highest BCUT2D eigenvalue weighted by molar-refractivity contribution is 4.57. The van der Waals surface area contributed by atoms with Crippen molar-refractivity contribution in [1.82, 2.24) is 0 Å². The van der Waals surface area contributed by atoms with Crippen molar-refractivity contribution in [3.8, 4) is 0 Å². The fourth-order valence-corrected chi connectivity index (χ4v) is 1.88. The molecule has 0 aromatic rings. The molecule has 1 unspecified atom stereocenters. The monoisotopic (exact) mass is 212 g/mol. The lowest BCUT2D eigenvalue weighted by atomic mass is 9.92. The van der Waals surface area contributed by atoms with Crippen molar-refractivity contribution in [2.24, 2.45) is 17.8 Å². The first-order valence-corrected chi connectivity index (χ1v) is 7.04. The molecular weight excluding hydrogens is 180 g/mol. The Morgan fingerprint density at radius 2 is 1.07 bits per heavy atom. The number of hydrogen-bond acceptors (Lipinski definition) is 0. The normalized spacial score (nSPS) is 13.8. The molecule has 0 rings (SSSR count). The second-order valence-corrected chi connectivity index (χ2v) is 5.96. The van der Waals surface area contributed by atoms with Gasteiger partial charge in [-0.3, -0.25) is 0 Å². The Balaban J connectivity index is 3.11. The maximum Gasteiger partial charge on any atom is -0.0420 e. The van der Waals surface area contributed by atoms with Gasteiger partial charge < -0.3 is 0 Å². The molecule has 0 nitrogen and oxygen atoms in total. The molecule has 0 spiro atoms. The van der Waals surface area contributed by atoms with E-state index < -0.39 is 0 Å². The van der Waals surface area contributed by atoms with Gasteiger partial charge in [0.15, 0.2) is 0 Å². The first-order chi connectivity index (χ1) is 7.04. The third kappa shape index (κ3) is 10.3. The van der Waals surface area contributed by atoms with Gasteiger partial charge in [-0.05, 0) is 17.8 Å². The van der Waals surface area contributed by atoms with E-state index in [1.807, 2.05) is 0 Å². The van der Waals surface area contributed by atoms with Crippen LogP contribution in [0.5, 0.6) is 0 Å². The van der Waals surface area contributed by atoms with E-state index in [0.717, 1.165) is 17.8 Å². The quantitative estimate of drug-likeness (QED) is 0.432. The number of rotatable bonds is 9. The predicted octanol–water partition coefficient (Wildman–Crippen LogP) is 5.67. The largest absolute Gasteiger partial charge is 0.0628 e. The summed E-state index contributed by atoms with van der Waals surface area (Å²) in [5, 5.41) is 0. The molecule has 0 amide bonds. The van der Waals surface area contributed by atoms with Crippen LogP contribution >= 0.6 is 0 Å². The van der Waals surface area contributed by atoms with Gasteiger partial charge in [0, 0.05) is 0 Å². The molecular formula is C15H32. The van der Waals surface area contributed by atoms with Crippen molar-refractivity contribution < 1.29 is 0 Å². The van der Waals surface area contributed by atoms with E-state index in [9.17, 15) is 0 Å². The maximum atomic E-state index is 2.39. The van der Waals surface area contributed by atoms with Crippen LogP contribution in [0.3, 0.4) is 0 Å². The fourth-order valence-electron chi connectivity index (χ4n) is 1.88. The van der Waals surface area contributed by atoms with E-state index in [1.165, 1.54) is 44.9 Å². The van der Waals surface area contributed by atoms with Crippen LogP contribution in [0.25, 0.3) is 0 Å². The van der Waals surface area contributed by atoms with Gasteiger partial charge in [0.2, 0.25) is 0 Å². The van der Waals surface area contributed by atoms with Gasteiger partial charge in [0.1, 0.15) is 0 Å². The Bertz CT molecular complexity index is 124. The molecule has 0 fully saturated rings. The molecule has 0 aliphatic heterocycles. The zero-order chi connectivity index (χ0) is 11.7. The molecule has 0 saturated carbocycles. The van der Waals surface area contributed by atoms with Crippen LogP contribution < -0.4 is 0 Å². The Morgan fingerprint density at radius 3 is 1.53 bits per heavy atom. The zero-order valence-electron chi connectivity index (χ0n) is 11.7. The average molecular weight is 212 g/mol. The summed E-state index contributed by atoms with van der Waals surface area (Å²) in [5.41, 5.74) is 0. The maximum absolute atomic E-state index is 2.39. The van der Waals surface area contributed by atoms with Gasteiger partial charge >= 0.3 is 0 Å². The second-order valence-electron chi connectivity index (χ2n) is 5.96. The van der Waals surface area contributed by atoms with Crippen LogP contribution in [0.2, 0.25) is 0 Å². The lowest BCUT2D eigenvalue weighted by molar-refractivity contribution is 0.374. The molecule has 0 radical (unpaired) electrons. The first-order valence-electron chi connectivity index (χ1n) is 7.04. The van der Waals surface area contributed by atoms with Gasteiger partial charge in [0.25, 0.3) is 0 Å². The molecule has 0 N–H and O–H groups in total. The molecule has 15 heavy (non-hydrogen) atoms. The third-order valence-electron chi connectivity index (χ3n) is 3.58. The Labute approximate surface area is 97.8 Å². The third-order valence-corrected chi connectivity index (χ3v) is 3.58. The van der Waals surface area contributed by atoms with Gasteiger partial charge in [-0.2, -0.15) is 0 Å². The Kier molecular flexibility index (Phi) is 9.24. The van der Waals surface area contributed by atoms with Crippen molar-refractivity contribution >= 4 is 0 Å². The molecule has 1 atom stereocenters. The second kappa shape index (κ2) is 9.24. The van der Waals surface area contributed by atoms with Crippen LogP contribution in [0.4, 0.5) is 0 Å². The Morgan fingerprint density at radius 1 is 0.600 bits per heavy atom. The van der Waals surface area contributed by atoms with E-state index in [-0.39, 0.29) is 0 Å². The fraction of sp³-hybridized carbons (Fsp3) is 1.00. The molecule has 0 saturated heterocycles. The topological polar surface area (TPSA) is 0 Å². The summed E-state index contributed by atoms with van der Waals surface area (Å²) >= 11 is 0. The van der Waals surface area contributed by atoms with Crippen LogP contribution in [0.15, 0.2) is 0 Å². The minimum Gasteiger partial charge on any atom is -0.0628 e. The van der Waals surface area contributed by atoms with E-state index in [4.69, 9.17) is 0 Å². The van der Waals surface area contributed by atoms with Crippen LogP contribution in [-0.4, -0.2) is 0 Å². The summed E-state index contributed by atoms with van der Waals surface area (Å²) in [4.78, 5) is 0. The average Bonchev–Trinajstić information content (AvgIpc) is 2.15. The van der Waals surface area contributed by atoms with Crippen LogP contribution in [0, 0.1) is 17.8 Å². The smallest absolute Gasteiger partial charge is 0.0420 e. The highest BCUT2D eigenvalue weighted by Gasteiger charge is 2.05. The summed E-state index contributed by atoms with van der Waals surface area (Å²) < 4.78 is 0. The summed E-state index contributed by atoms with van der Waals surface area (Å²) in [6.45, 7) is 11.7. The first kappa shape index (κ1) is 15.0. The summed E-state index contributed by atoms with van der Waals surface area (Å²) in [6.07, 6.45) is 10.1. The van der Waals surface area contributed by atoms with Crippen LogP contribution in [-0.2, 0) is 0 Å². The van der Waals surface area contributed by atoms with Crippen molar-refractivity contribution in [2.45, 2.75) is 79.6 Å². The molecule has 0 aromatic carbocycles. The van der Waals surface area contributed by atoms with Gasteiger partial charge in [-0.1, -0.05) is 79.6 Å². The standard InChI is InChI=1S/C15H32/c1-13(2)11-9-7-6-8-10-12-15(5)14(3)4/h13-15H,6-12H2,1-5H3. The highest BCUT2D eigenvalue weighted by atomic mass is 14.1. The SMILES string of the molecule is CC(C)CCCCCCCC(C)C(C)C. The molecule has 92 valence electrons. The summed E-state index contributed by atoms with van der Waals surface area (Å²) in [6, 6.07) is 0. The van der Waals surface area contributed by atoms with Crippen molar-refractivity contribution in [1.29, 1.82) is 0 Å². The predicted molar refractivity (Wildman–Crippen MR) is 71.2 cm³/mol. The minimum absolute atomic E-state index is 0.867. The van der Waals surface area contributed by atoms with Crippen molar-refractivity contribution in [3.63, 3.8) is 0 Å². The number of hydrogen-bond donors (Lipinski definition) is 0. The van der Waals surface area contributed by atoms with Crippen molar-refractivity contribution in [3.05, 3.63) is 0 Å². The van der Waals surface area contributed by atoms with Gasteiger partial charge in [-0.25, -0.2) is 0 Å². The van der Waals surface area contributed by atoms with E-state index in [0.29, 0.717) is 0 Å².